The van der Waals surface area contributed by atoms with Crippen molar-refractivity contribution in [2.75, 3.05) is 32.8 Å². The van der Waals surface area contributed by atoms with Crippen molar-refractivity contribution in [1.29, 1.82) is 0 Å². The van der Waals surface area contributed by atoms with Crippen molar-refractivity contribution in [1.82, 2.24) is 14.7 Å². The number of aliphatic hydroxyl groups excluding tert-OH is 1. The molecule has 3 aliphatic heterocycles. The molecule has 3 aliphatic rings. The normalized spacial score (nSPS) is 31.6. The van der Waals surface area contributed by atoms with Crippen LogP contribution in [0, 0.1) is 17.8 Å². The van der Waals surface area contributed by atoms with Gasteiger partial charge in [0.15, 0.2) is 0 Å². The van der Waals surface area contributed by atoms with Crippen LogP contribution in [-0.4, -0.2) is 93.6 Å². The summed E-state index contributed by atoms with van der Waals surface area (Å²) < 4.78 is 6.87. The maximum atomic E-state index is 14.3. The minimum atomic E-state index is -1.03. The van der Waals surface area contributed by atoms with Gasteiger partial charge < -0.3 is 24.5 Å². The van der Waals surface area contributed by atoms with Crippen molar-refractivity contribution >= 4 is 17.7 Å². The second kappa shape index (κ2) is 12.3. The molecule has 0 radical (unpaired) electrons. The van der Waals surface area contributed by atoms with Gasteiger partial charge in [-0.15, -0.1) is 13.2 Å². The zero-order chi connectivity index (χ0) is 28.3. The molecule has 0 aromatic heterocycles. The lowest BCUT2D eigenvalue weighted by atomic mass is 9.62. The highest BCUT2D eigenvalue weighted by molar-refractivity contribution is 5.99. The number of carbonyl (C=O) groups is 3. The van der Waals surface area contributed by atoms with E-state index in [1.807, 2.05) is 27.7 Å². The Hall–Kier alpha value is -2.19. The SMILES string of the molecule is C=CCN(CCC)C(=O)[C@H]1[C@H]2C(=O)N(CCCCCCO)C(C(=O)N(CC=C)C(C)C)C23CC(C)[C@]1(C)O3. The number of unbranched alkanes of at least 4 members (excludes halogenated alkanes) is 3. The molecule has 38 heavy (non-hydrogen) atoms. The second-order valence-electron chi connectivity index (χ2n) is 11.8. The van der Waals surface area contributed by atoms with Crippen LogP contribution in [0.4, 0.5) is 0 Å². The summed E-state index contributed by atoms with van der Waals surface area (Å²) in [5.74, 6) is -1.68. The molecule has 2 bridgehead atoms. The molecule has 3 unspecified atom stereocenters. The van der Waals surface area contributed by atoms with E-state index in [0.717, 1.165) is 32.1 Å². The van der Waals surface area contributed by atoms with E-state index >= 15 is 0 Å². The average Bonchev–Trinajstić information content (AvgIpc) is 3.38. The number of rotatable bonds is 15. The van der Waals surface area contributed by atoms with Gasteiger partial charge in [0.1, 0.15) is 11.6 Å². The molecule has 3 fully saturated rings. The molecule has 3 amide bonds. The third kappa shape index (κ3) is 5.06. The number of ether oxygens (including phenoxy) is 1. The average molecular weight is 532 g/mol. The van der Waals surface area contributed by atoms with Crippen LogP contribution < -0.4 is 0 Å². The largest absolute Gasteiger partial charge is 0.396 e. The lowest BCUT2D eigenvalue weighted by Crippen LogP contribution is -2.58. The smallest absolute Gasteiger partial charge is 0.248 e. The first-order chi connectivity index (χ1) is 18.0. The molecular weight excluding hydrogens is 482 g/mol. The highest BCUT2D eigenvalue weighted by atomic mass is 16.5. The zero-order valence-corrected chi connectivity index (χ0v) is 24.2. The van der Waals surface area contributed by atoms with E-state index in [1.54, 1.807) is 26.9 Å². The van der Waals surface area contributed by atoms with Gasteiger partial charge in [-0.05, 0) is 52.4 Å². The van der Waals surface area contributed by atoms with Crippen LogP contribution in [0.1, 0.15) is 73.1 Å². The van der Waals surface area contributed by atoms with Crippen molar-refractivity contribution in [3.05, 3.63) is 25.3 Å². The number of hydrogen-bond donors (Lipinski definition) is 1. The van der Waals surface area contributed by atoms with Gasteiger partial charge in [0, 0.05) is 38.8 Å². The molecule has 214 valence electrons. The summed E-state index contributed by atoms with van der Waals surface area (Å²) in [7, 11) is 0. The summed E-state index contributed by atoms with van der Waals surface area (Å²) in [6.07, 6.45) is 7.96. The Morgan fingerprint density at radius 3 is 2.39 bits per heavy atom. The molecule has 0 aromatic carbocycles. The molecule has 8 heteroatoms. The Morgan fingerprint density at radius 1 is 1.16 bits per heavy atom. The molecule has 3 rings (SSSR count). The Kier molecular flexibility index (Phi) is 9.85. The van der Waals surface area contributed by atoms with Crippen LogP contribution in [0.5, 0.6) is 0 Å². The van der Waals surface area contributed by atoms with Crippen LogP contribution >= 0.6 is 0 Å². The fourth-order valence-electron chi connectivity index (χ4n) is 7.15. The van der Waals surface area contributed by atoms with Gasteiger partial charge in [0.2, 0.25) is 17.7 Å². The molecule has 0 aromatic rings. The minimum absolute atomic E-state index is 0.0133. The number of amides is 3. The van der Waals surface area contributed by atoms with Crippen molar-refractivity contribution < 1.29 is 24.2 Å². The molecule has 3 saturated heterocycles. The van der Waals surface area contributed by atoms with Gasteiger partial charge in [0.25, 0.3) is 0 Å². The minimum Gasteiger partial charge on any atom is -0.396 e. The van der Waals surface area contributed by atoms with Crippen LogP contribution in [0.15, 0.2) is 25.3 Å². The maximum absolute atomic E-state index is 14.3. The van der Waals surface area contributed by atoms with E-state index in [1.165, 1.54) is 0 Å². The molecule has 1 N–H and O–H groups in total. The monoisotopic (exact) mass is 531 g/mol. The second-order valence-corrected chi connectivity index (χ2v) is 11.8. The van der Waals surface area contributed by atoms with E-state index in [4.69, 9.17) is 9.84 Å². The molecule has 1 spiro atoms. The van der Waals surface area contributed by atoms with E-state index in [9.17, 15) is 14.4 Å². The number of aliphatic hydroxyl groups is 1. The molecule has 6 atom stereocenters. The quantitative estimate of drug-likeness (QED) is 0.258. The lowest BCUT2D eigenvalue weighted by molar-refractivity contribution is -0.155. The summed E-state index contributed by atoms with van der Waals surface area (Å²) in [4.78, 5) is 47.9. The predicted molar refractivity (Wildman–Crippen MR) is 148 cm³/mol. The highest BCUT2D eigenvalue weighted by Gasteiger charge is 2.80. The number of hydrogen-bond acceptors (Lipinski definition) is 5. The van der Waals surface area contributed by atoms with Gasteiger partial charge in [-0.3, -0.25) is 14.4 Å². The third-order valence-electron chi connectivity index (χ3n) is 9.01. The van der Waals surface area contributed by atoms with Crippen LogP contribution in [-0.2, 0) is 19.1 Å². The summed E-state index contributed by atoms with van der Waals surface area (Å²) in [5.41, 5.74) is -1.86. The number of likely N-dealkylation sites (tertiary alicyclic amines) is 1. The Morgan fingerprint density at radius 2 is 1.82 bits per heavy atom. The van der Waals surface area contributed by atoms with E-state index in [-0.39, 0.29) is 36.3 Å². The van der Waals surface area contributed by atoms with E-state index < -0.39 is 29.1 Å². The van der Waals surface area contributed by atoms with E-state index in [0.29, 0.717) is 32.6 Å². The molecular formula is C30H49N3O5. The van der Waals surface area contributed by atoms with Gasteiger partial charge in [-0.25, -0.2) is 0 Å². The number of fused-ring (bicyclic) bond motifs is 1. The van der Waals surface area contributed by atoms with Crippen LogP contribution in [0.2, 0.25) is 0 Å². The summed E-state index contributed by atoms with van der Waals surface area (Å²) >= 11 is 0. The van der Waals surface area contributed by atoms with Gasteiger partial charge in [0.05, 0.1) is 17.4 Å². The van der Waals surface area contributed by atoms with Gasteiger partial charge >= 0.3 is 0 Å². The number of carbonyl (C=O) groups excluding carboxylic acids is 3. The van der Waals surface area contributed by atoms with Crippen molar-refractivity contribution in [3.8, 4) is 0 Å². The molecule has 3 heterocycles. The van der Waals surface area contributed by atoms with Gasteiger partial charge in [-0.2, -0.15) is 0 Å². The zero-order valence-electron chi connectivity index (χ0n) is 24.2. The van der Waals surface area contributed by atoms with Crippen LogP contribution in [0.3, 0.4) is 0 Å². The Labute approximate surface area is 229 Å². The first-order valence-corrected chi connectivity index (χ1v) is 14.5. The Bertz CT molecular complexity index is 906. The molecule has 0 aliphatic carbocycles. The van der Waals surface area contributed by atoms with Crippen molar-refractivity contribution in [3.63, 3.8) is 0 Å². The van der Waals surface area contributed by atoms with E-state index in [2.05, 4.69) is 20.1 Å². The summed E-state index contributed by atoms with van der Waals surface area (Å²) in [6.45, 7) is 19.6. The molecule has 0 saturated carbocycles. The predicted octanol–water partition coefficient (Wildman–Crippen LogP) is 3.40. The number of nitrogens with zero attached hydrogens (tertiary/aromatic N) is 3. The third-order valence-corrected chi connectivity index (χ3v) is 9.01. The fraction of sp³-hybridized carbons (Fsp3) is 0.767. The molecule has 8 nitrogen and oxygen atoms in total. The van der Waals surface area contributed by atoms with Crippen molar-refractivity contribution in [2.45, 2.75) is 96.4 Å². The fourth-order valence-corrected chi connectivity index (χ4v) is 7.15. The summed E-state index contributed by atoms with van der Waals surface area (Å²) in [6, 6.07) is -0.851. The van der Waals surface area contributed by atoms with Gasteiger partial charge in [-0.1, -0.05) is 38.8 Å². The first kappa shape index (κ1) is 30.4. The van der Waals surface area contributed by atoms with Crippen LogP contribution in [0.25, 0.3) is 0 Å². The Balaban J connectivity index is 2.06. The van der Waals surface area contributed by atoms with Crippen molar-refractivity contribution in [2.24, 2.45) is 17.8 Å². The lowest BCUT2D eigenvalue weighted by Gasteiger charge is -2.39. The topological polar surface area (TPSA) is 90.4 Å². The highest BCUT2D eigenvalue weighted by Crippen LogP contribution is 2.65. The maximum Gasteiger partial charge on any atom is 0.248 e. The summed E-state index contributed by atoms with van der Waals surface area (Å²) in [5, 5.41) is 9.15. The standard InChI is InChI=1S/C30H49N3O5/c1-8-15-31(16-9-2)26(35)23-24-27(36)33(18-13-11-12-14-19-34)25(28(37)32(17-10-3)21(4)5)30(24)20-22(6)29(23,7)38-30/h8,10,21-25,34H,1,3,9,11-20H2,2,4-7H3/t22?,23-,24+,25?,29+,30?/m1/s1. The first-order valence-electron chi connectivity index (χ1n) is 14.5.